The van der Waals surface area contributed by atoms with Gasteiger partial charge in [-0.05, 0) is 63.6 Å². The molecule has 0 aliphatic rings. The molecule has 1 amide bonds. The second-order valence-electron chi connectivity index (χ2n) is 6.77. The minimum Gasteiger partial charge on any atom is -0.495 e. The van der Waals surface area contributed by atoms with Gasteiger partial charge < -0.3 is 24.3 Å². The van der Waals surface area contributed by atoms with Gasteiger partial charge in [0.25, 0.3) is 5.91 Å². The molecule has 0 saturated heterocycles. The first-order valence-corrected chi connectivity index (χ1v) is 9.26. The van der Waals surface area contributed by atoms with Crippen molar-refractivity contribution in [3.63, 3.8) is 0 Å². The zero-order valence-corrected chi connectivity index (χ0v) is 17.6. The zero-order valence-electron chi connectivity index (χ0n) is 17.6. The Hall–Kier alpha value is -3.22. The van der Waals surface area contributed by atoms with Crippen LogP contribution in [-0.2, 0) is 9.53 Å². The van der Waals surface area contributed by atoms with Crippen molar-refractivity contribution in [3.8, 4) is 17.2 Å². The normalized spacial score (nSPS) is 11.6. The Kier molecular flexibility index (Phi) is 7.47. The van der Waals surface area contributed by atoms with Crippen LogP contribution in [0.5, 0.6) is 17.2 Å². The molecule has 0 spiro atoms. The third-order valence-corrected chi connectivity index (χ3v) is 4.03. The molecule has 0 saturated carbocycles. The van der Waals surface area contributed by atoms with Crippen molar-refractivity contribution in [2.24, 2.45) is 0 Å². The molecule has 0 radical (unpaired) electrons. The van der Waals surface area contributed by atoms with Gasteiger partial charge in [0.2, 0.25) is 0 Å². The van der Waals surface area contributed by atoms with Crippen LogP contribution in [0.2, 0.25) is 0 Å². The zero-order chi connectivity index (χ0) is 21.6. The van der Waals surface area contributed by atoms with Crippen LogP contribution in [0.4, 0.5) is 5.69 Å². The smallest absolute Gasteiger partial charge is 0.339 e. The highest BCUT2D eigenvalue weighted by Crippen LogP contribution is 2.29. The molecule has 1 unspecified atom stereocenters. The molecule has 2 rings (SSSR count). The maximum atomic E-state index is 12.5. The van der Waals surface area contributed by atoms with Crippen LogP contribution in [0, 0.1) is 6.92 Å². The van der Waals surface area contributed by atoms with Gasteiger partial charge in [0, 0.05) is 0 Å². The molecule has 2 aromatic rings. The van der Waals surface area contributed by atoms with Gasteiger partial charge in [-0.25, -0.2) is 4.79 Å². The highest BCUT2D eigenvalue weighted by molar-refractivity contribution is 5.98. The molecule has 1 N–H and O–H groups in total. The van der Waals surface area contributed by atoms with Gasteiger partial charge in [-0.1, -0.05) is 6.07 Å². The lowest BCUT2D eigenvalue weighted by Crippen LogP contribution is -2.30. The molecule has 7 heteroatoms. The van der Waals surface area contributed by atoms with Gasteiger partial charge >= 0.3 is 5.97 Å². The van der Waals surface area contributed by atoms with E-state index in [4.69, 9.17) is 18.9 Å². The number of anilines is 1. The van der Waals surface area contributed by atoms with Crippen molar-refractivity contribution in [1.29, 1.82) is 0 Å². The Morgan fingerprint density at radius 1 is 0.897 bits per heavy atom. The molecule has 0 aliphatic carbocycles. The first-order valence-electron chi connectivity index (χ1n) is 9.26. The Labute approximate surface area is 170 Å². The van der Waals surface area contributed by atoms with E-state index >= 15 is 0 Å². The molecule has 1 atom stereocenters. The third-order valence-electron chi connectivity index (χ3n) is 4.03. The third kappa shape index (κ3) is 5.88. The summed E-state index contributed by atoms with van der Waals surface area (Å²) in [5, 5.41) is 2.73. The van der Waals surface area contributed by atoms with E-state index in [1.165, 1.54) is 27.2 Å². The topological polar surface area (TPSA) is 83.1 Å². The van der Waals surface area contributed by atoms with Crippen molar-refractivity contribution in [3.05, 3.63) is 47.5 Å². The predicted octanol–water partition coefficient (Wildman–Crippen LogP) is 3.98. The lowest BCUT2D eigenvalue weighted by atomic mass is 10.2. The lowest BCUT2D eigenvalue weighted by Gasteiger charge is -2.17. The van der Waals surface area contributed by atoms with E-state index in [-0.39, 0.29) is 11.7 Å². The number of amides is 1. The van der Waals surface area contributed by atoms with Crippen LogP contribution in [0.15, 0.2) is 36.4 Å². The maximum absolute atomic E-state index is 12.5. The van der Waals surface area contributed by atoms with Crippen LogP contribution < -0.4 is 19.5 Å². The fraction of sp³-hybridized carbons (Fsp3) is 0.364. The number of benzene rings is 2. The molecule has 0 bridgehead atoms. The van der Waals surface area contributed by atoms with E-state index in [1.54, 1.807) is 24.3 Å². The van der Waals surface area contributed by atoms with Gasteiger partial charge in [-0.15, -0.1) is 0 Å². The van der Waals surface area contributed by atoms with Gasteiger partial charge in [-0.3, -0.25) is 4.79 Å². The van der Waals surface area contributed by atoms with Gasteiger partial charge in [0.1, 0.15) is 5.75 Å². The molecule has 29 heavy (non-hydrogen) atoms. The predicted molar refractivity (Wildman–Crippen MR) is 110 cm³/mol. The highest BCUT2D eigenvalue weighted by atomic mass is 16.5. The van der Waals surface area contributed by atoms with Gasteiger partial charge in [-0.2, -0.15) is 0 Å². The molecule has 0 aliphatic heterocycles. The average Bonchev–Trinajstić information content (AvgIpc) is 2.67. The summed E-state index contributed by atoms with van der Waals surface area (Å²) in [5.74, 6) is 0.353. The Balaban J connectivity index is 2.08. The lowest BCUT2D eigenvalue weighted by molar-refractivity contribution is -0.123. The van der Waals surface area contributed by atoms with Crippen molar-refractivity contribution < 1.29 is 28.5 Å². The molecule has 7 nitrogen and oxygen atoms in total. The minimum atomic E-state index is -1.01. The maximum Gasteiger partial charge on any atom is 0.339 e. The van der Waals surface area contributed by atoms with Crippen LogP contribution >= 0.6 is 0 Å². The number of carbonyl (C=O) groups excluding carboxylic acids is 2. The quantitative estimate of drug-likeness (QED) is 0.674. The Morgan fingerprint density at radius 3 is 2.17 bits per heavy atom. The second-order valence-corrected chi connectivity index (χ2v) is 6.77. The van der Waals surface area contributed by atoms with E-state index in [2.05, 4.69) is 5.32 Å². The number of nitrogens with one attached hydrogen (secondary N) is 1. The number of carbonyl (C=O) groups is 2. The minimum absolute atomic E-state index is 0.0379. The van der Waals surface area contributed by atoms with E-state index in [0.717, 1.165) is 5.56 Å². The fourth-order valence-corrected chi connectivity index (χ4v) is 2.58. The summed E-state index contributed by atoms with van der Waals surface area (Å²) >= 11 is 0. The number of hydrogen-bond donors (Lipinski definition) is 1. The molecule has 0 fully saturated rings. The molecule has 156 valence electrons. The van der Waals surface area contributed by atoms with Crippen molar-refractivity contribution in [1.82, 2.24) is 0 Å². The number of hydrogen-bond acceptors (Lipinski definition) is 6. The Morgan fingerprint density at radius 2 is 1.55 bits per heavy atom. The highest BCUT2D eigenvalue weighted by Gasteiger charge is 2.21. The second kappa shape index (κ2) is 9.82. The van der Waals surface area contributed by atoms with Crippen LogP contribution in [-0.4, -0.2) is 38.3 Å². The number of methoxy groups -OCH3 is 2. The molecule has 2 aromatic carbocycles. The monoisotopic (exact) mass is 401 g/mol. The summed E-state index contributed by atoms with van der Waals surface area (Å²) in [6, 6.07) is 10.1. The number of ether oxygens (including phenoxy) is 4. The average molecular weight is 401 g/mol. The number of rotatable bonds is 8. The molecule has 0 heterocycles. The van der Waals surface area contributed by atoms with Crippen molar-refractivity contribution in [2.75, 3.05) is 19.5 Å². The first-order chi connectivity index (χ1) is 13.7. The standard InChI is InChI=1S/C22H27NO6/c1-13(2)28-19-10-8-16(12-20(19)27-6)22(25)29-15(4)21(24)23-17-11-14(3)7-9-18(17)26-5/h7-13,15H,1-6H3,(H,23,24). The van der Waals surface area contributed by atoms with Crippen molar-refractivity contribution in [2.45, 2.75) is 39.9 Å². The van der Waals surface area contributed by atoms with Crippen LogP contribution in [0.25, 0.3) is 0 Å². The van der Waals surface area contributed by atoms with Crippen molar-refractivity contribution >= 4 is 17.6 Å². The van der Waals surface area contributed by atoms with E-state index < -0.39 is 18.0 Å². The summed E-state index contributed by atoms with van der Waals surface area (Å²) < 4.78 is 21.5. The first kappa shape index (κ1) is 22.1. The fourth-order valence-electron chi connectivity index (χ4n) is 2.58. The van der Waals surface area contributed by atoms with Crippen LogP contribution in [0.1, 0.15) is 36.7 Å². The van der Waals surface area contributed by atoms with E-state index in [1.807, 2.05) is 26.8 Å². The SMILES string of the molecule is COc1ccc(C)cc1NC(=O)C(C)OC(=O)c1ccc(OC(C)C)c(OC)c1. The molecular weight excluding hydrogens is 374 g/mol. The Bertz CT molecular complexity index is 878. The van der Waals surface area contributed by atoms with Gasteiger partial charge in [0.15, 0.2) is 17.6 Å². The van der Waals surface area contributed by atoms with E-state index in [9.17, 15) is 9.59 Å². The number of esters is 1. The van der Waals surface area contributed by atoms with E-state index in [0.29, 0.717) is 22.9 Å². The van der Waals surface area contributed by atoms with Crippen LogP contribution in [0.3, 0.4) is 0 Å². The molecule has 0 aromatic heterocycles. The summed E-state index contributed by atoms with van der Waals surface area (Å²) in [5.41, 5.74) is 1.73. The summed E-state index contributed by atoms with van der Waals surface area (Å²) in [6.07, 6.45) is -1.05. The molecular formula is C22H27NO6. The summed E-state index contributed by atoms with van der Waals surface area (Å²) in [6.45, 7) is 7.19. The summed E-state index contributed by atoms with van der Waals surface area (Å²) in [4.78, 5) is 24.9. The van der Waals surface area contributed by atoms with Gasteiger partial charge in [0.05, 0.1) is 31.6 Å². The summed E-state index contributed by atoms with van der Waals surface area (Å²) in [7, 11) is 3.01. The number of aryl methyl sites for hydroxylation is 1. The largest absolute Gasteiger partial charge is 0.495 e.